The zero-order chi connectivity index (χ0) is 18.0. The summed E-state index contributed by atoms with van der Waals surface area (Å²) in [5, 5.41) is 0. The molecule has 0 aromatic heterocycles. The fourth-order valence-electron chi connectivity index (χ4n) is 2.84. The van der Waals surface area contributed by atoms with Gasteiger partial charge in [-0.3, -0.25) is 0 Å². The first kappa shape index (κ1) is 19.4. The van der Waals surface area contributed by atoms with Crippen molar-refractivity contribution >= 4 is 16.1 Å². The molecule has 24 heavy (non-hydrogen) atoms. The molecule has 2 amide bonds. The number of likely N-dealkylation sites (tertiary alicyclic amines) is 1. The lowest BCUT2D eigenvalue weighted by molar-refractivity contribution is -0.178. The van der Waals surface area contributed by atoms with Crippen LogP contribution < -0.4 is 4.72 Å². The second-order valence-corrected chi connectivity index (χ2v) is 8.22. The van der Waals surface area contributed by atoms with Crippen LogP contribution in [0.4, 0.5) is 4.79 Å². The van der Waals surface area contributed by atoms with E-state index in [1.807, 2.05) is 0 Å². The van der Waals surface area contributed by atoms with Crippen molar-refractivity contribution in [3.8, 4) is 0 Å². The van der Waals surface area contributed by atoms with E-state index in [0.717, 1.165) is 0 Å². The monoisotopic (exact) mass is 366 g/mol. The molecule has 2 fully saturated rings. The first-order valence-corrected chi connectivity index (χ1v) is 9.44. The van der Waals surface area contributed by atoms with Crippen molar-refractivity contribution < 1.29 is 32.2 Å². The van der Waals surface area contributed by atoms with Crippen LogP contribution in [0.2, 0.25) is 0 Å². The van der Waals surface area contributed by atoms with Gasteiger partial charge in [-0.15, -0.1) is 0 Å². The molecule has 0 bridgehead atoms. The van der Waals surface area contributed by atoms with Gasteiger partial charge >= 0.3 is 6.03 Å². The second-order valence-electron chi connectivity index (χ2n) is 6.45. The molecule has 1 unspecified atom stereocenters. The van der Waals surface area contributed by atoms with E-state index in [9.17, 15) is 13.2 Å². The SMILES string of the molecule is CO[C@H]1CN(C(=O)NS(=O)(=O)CC2OCCOC2(C)C)C[C@H]1OC. The molecule has 2 saturated heterocycles. The average molecular weight is 366 g/mol. The maximum Gasteiger partial charge on any atom is 0.331 e. The van der Waals surface area contributed by atoms with Gasteiger partial charge in [0.1, 0.15) is 18.3 Å². The van der Waals surface area contributed by atoms with Gasteiger partial charge in [-0.25, -0.2) is 17.9 Å². The highest BCUT2D eigenvalue weighted by atomic mass is 32.2. The fraction of sp³-hybridized carbons (Fsp3) is 0.929. The Balaban J connectivity index is 1.95. The Morgan fingerprint density at radius 1 is 1.21 bits per heavy atom. The molecule has 10 heteroatoms. The maximum absolute atomic E-state index is 12.3. The Hall–Kier alpha value is -0.940. The number of nitrogens with one attached hydrogen (secondary N) is 1. The molecule has 140 valence electrons. The van der Waals surface area contributed by atoms with Gasteiger partial charge in [0.15, 0.2) is 0 Å². The standard InChI is InChI=1S/C14H26N2O7S/c1-14(2)12(22-5-6-23-14)9-24(18,19)15-13(17)16-7-10(20-3)11(8-16)21-4/h10-12H,5-9H2,1-4H3,(H,15,17)/t10-,11+,12?. The summed E-state index contributed by atoms with van der Waals surface area (Å²) >= 11 is 0. The van der Waals surface area contributed by atoms with Crippen molar-refractivity contribution in [2.75, 3.05) is 46.3 Å². The predicted molar refractivity (Wildman–Crippen MR) is 85.3 cm³/mol. The minimum absolute atomic E-state index is 0.269. The van der Waals surface area contributed by atoms with Crippen molar-refractivity contribution in [3.63, 3.8) is 0 Å². The smallest absolute Gasteiger partial charge is 0.331 e. The van der Waals surface area contributed by atoms with E-state index in [-0.39, 0.29) is 31.1 Å². The van der Waals surface area contributed by atoms with Gasteiger partial charge in [-0.2, -0.15) is 0 Å². The zero-order valence-corrected chi connectivity index (χ0v) is 15.3. The Kier molecular flexibility index (Phi) is 6.08. The fourth-order valence-corrected chi connectivity index (χ4v) is 4.21. The first-order valence-electron chi connectivity index (χ1n) is 7.79. The summed E-state index contributed by atoms with van der Waals surface area (Å²) in [6.45, 7) is 4.81. The van der Waals surface area contributed by atoms with Gasteiger partial charge in [0.05, 0.1) is 37.7 Å². The molecule has 2 aliphatic rings. The van der Waals surface area contributed by atoms with Gasteiger partial charge in [-0.1, -0.05) is 0 Å². The van der Waals surface area contributed by atoms with Crippen LogP contribution in [0.25, 0.3) is 0 Å². The normalized spacial score (nSPS) is 30.3. The molecule has 2 rings (SSSR count). The number of nitrogens with zero attached hydrogens (tertiary/aromatic N) is 1. The first-order chi connectivity index (χ1) is 11.2. The van der Waals surface area contributed by atoms with Crippen molar-refractivity contribution in [2.24, 2.45) is 0 Å². The van der Waals surface area contributed by atoms with E-state index < -0.39 is 27.8 Å². The highest BCUT2D eigenvalue weighted by molar-refractivity contribution is 7.90. The van der Waals surface area contributed by atoms with Crippen molar-refractivity contribution in [2.45, 2.75) is 37.8 Å². The number of sulfonamides is 1. The molecule has 0 spiro atoms. The van der Waals surface area contributed by atoms with Crippen LogP contribution in [0.5, 0.6) is 0 Å². The van der Waals surface area contributed by atoms with Crippen LogP contribution in [0, 0.1) is 0 Å². The Bertz CT molecular complexity index is 539. The number of methoxy groups -OCH3 is 2. The molecule has 0 aliphatic carbocycles. The minimum atomic E-state index is -3.87. The van der Waals surface area contributed by atoms with E-state index >= 15 is 0 Å². The lowest BCUT2D eigenvalue weighted by Crippen LogP contribution is -2.52. The number of hydrogen-bond acceptors (Lipinski definition) is 7. The van der Waals surface area contributed by atoms with Crippen LogP contribution in [0.3, 0.4) is 0 Å². The summed E-state index contributed by atoms with van der Waals surface area (Å²) in [6.07, 6.45) is -1.21. The van der Waals surface area contributed by atoms with Crippen LogP contribution in [-0.2, 0) is 29.0 Å². The van der Waals surface area contributed by atoms with E-state index in [2.05, 4.69) is 4.72 Å². The largest absolute Gasteiger partial charge is 0.377 e. The molecule has 0 aromatic carbocycles. The summed E-state index contributed by atoms with van der Waals surface area (Å²) < 4.78 is 48.2. The molecule has 0 aromatic rings. The Morgan fingerprint density at radius 2 is 1.79 bits per heavy atom. The molecule has 2 aliphatic heterocycles. The molecule has 2 heterocycles. The van der Waals surface area contributed by atoms with Crippen LogP contribution in [0.1, 0.15) is 13.8 Å². The topological polar surface area (TPSA) is 103 Å². The Labute approximate surface area is 142 Å². The van der Waals surface area contributed by atoms with E-state index in [1.165, 1.54) is 19.1 Å². The van der Waals surface area contributed by atoms with Crippen LogP contribution in [-0.4, -0.2) is 89.5 Å². The highest BCUT2D eigenvalue weighted by Gasteiger charge is 2.40. The van der Waals surface area contributed by atoms with Crippen molar-refractivity contribution in [1.82, 2.24) is 9.62 Å². The zero-order valence-electron chi connectivity index (χ0n) is 14.5. The van der Waals surface area contributed by atoms with Crippen LogP contribution in [0.15, 0.2) is 0 Å². The lowest BCUT2D eigenvalue weighted by Gasteiger charge is -2.38. The lowest BCUT2D eigenvalue weighted by atomic mass is 10.0. The van der Waals surface area contributed by atoms with Crippen LogP contribution >= 0.6 is 0 Å². The van der Waals surface area contributed by atoms with Gasteiger partial charge in [0.2, 0.25) is 10.0 Å². The number of hydrogen-bond donors (Lipinski definition) is 1. The maximum atomic E-state index is 12.3. The van der Waals surface area contributed by atoms with Gasteiger partial charge in [0.25, 0.3) is 0 Å². The predicted octanol–water partition coefficient (Wildman–Crippen LogP) is -0.435. The molecule has 0 radical (unpaired) electrons. The average Bonchev–Trinajstić information content (AvgIpc) is 2.92. The number of carbonyl (C=O) groups is 1. The molecular formula is C14H26N2O7S. The third kappa shape index (κ3) is 4.57. The number of urea groups is 1. The van der Waals surface area contributed by atoms with E-state index in [1.54, 1.807) is 13.8 Å². The molecule has 3 atom stereocenters. The number of carbonyl (C=O) groups excluding carboxylic acids is 1. The third-order valence-electron chi connectivity index (χ3n) is 4.37. The van der Waals surface area contributed by atoms with Gasteiger partial charge in [-0.05, 0) is 13.8 Å². The Morgan fingerprint density at radius 3 is 2.29 bits per heavy atom. The molecule has 1 N–H and O–H groups in total. The summed E-state index contributed by atoms with van der Waals surface area (Å²) in [6, 6.07) is -0.689. The molecule has 0 saturated carbocycles. The van der Waals surface area contributed by atoms with Crippen molar-refractivity contribution in [1.29, 1.82) is 0 Å². The summed E-state index contributed by atoms with van der Waals surface area (Å²) in [5.74, 6) is -0.346. The summed E-state index contributed by atoms with van der Waals surface area (Å²) in [5.41, 5.74) is -0.730. The second kappa shape index (κ2) is 7.52. The summed E-state index contributed by atoms with van der Waals surface area (Å²) in [7, 11) is -0.815. The summed E-state index contributed by atoms with van der Waals surface area (Å²) in [4.78, 5) is 13.6. The van der Waals surface area contributed by atoms with Crippen molar-refractivity contribution in [3.05, 3.63) is 0 Å². The van der Waals surface area contributed by atoms with E-state index in [0.29, 0.717) is 13.2 Å². The molecular weight excluding hydrogens is 340 g/mol. The van der Waals surface area contributed by atoms with Gasteiger partial charge in [0, 0.05) is 14.2 Å². The van der Waals surface area contributed by atoms with E-state index in [4.69, 9.17) is 18.9 Å². The van der Waals surface area contributed by atoms with Gasteiger partial charge < -0.3 is 23.8 Å². The third-order valence-corrected chi connectivity index (χ3v) is 5.60. The number of ether oxygens (including phenoxy) is 4. The quantitative estimate of drug-likeness (QED) is 0.704. The molecule has 9 nitrogen and oxygen atoms in total. The highest BCUT2D eigenvalue weighted by Crippen LogP contribution is 2.23. The number of rotatable bonds is 5. The minimum Gasteiger partial charge on any atom is -0.377 e. The number of amides is 2.